The Morgan fingerprint density at radius 3 is 2.41 bits per heavy atom. The second kappa shape index (κ2) is 8.93. The highest BCUT2D eigenvalue weighted by atomic mass is 35.5. The normalized spacial score (nSPS) is 11.0. The van der Waals surface area contributed by atoms with Crippen molar-refractivity contribution in [1.29, 1.82) is 5.26 Å². The molecule has 8 heteroatoms. The van der Waals surface area contributed by atoms with E-state index in [-0.39, 0.29) is 22.0 Å². The van der Waals surface area contributed by atoms with Crippen molar-refractivity contribution in [2.45, 2.75) is 13.0 Å². The minimum absolute atomic E-state index is 0.0232. The molecule has 0 saturated heterocycles. The van der Waals surface area contributed by atoms with Crippen molar-refractivity contribution < 1.29 is 9.18 Å². The molecule has 0 aliphatic carbocycles. The van der Waals surface area contributed by atoms with Crippen LogP contribution in [0.4, 0.5) is 10.2 Å². The molecule has 0 radical (unpaired) electrons. The maximum Gasteiger partial charge on any atom is 0.261 e. The Bertz CT molecular complexity index is 1570. The summed E-state index contributed by atoms with van der Waals surface area (Å²) in [4.78, 5) is 22.4. The summed E-state index contributed by atoms with van der Waals surface area (Å²) in [6.45, 7) is 0.413. The fourth-order valence-electron chi connectivity index (χ4n) is 3.92. The van der Waals surface area contributed by atoms with Gasteiger partial charge in [-0.3, -0.25) is 4.79 Å². The fraction of sp³-hybridized carbons (Fsp3) is 0.0769. The second-order valence-corrected chi connectivity index (χ2v) is 8.07. The molecule has 34 heavy (non-hydrogen) atoms. The van der Waals surface area contributed by atoms with Gasteiger partial charge in [0.2, 0.25) is 0 Å². The molecule has 2 heterocycles. The first-order valence-corrected chi connectivity index (χ1v) is 10.9. The van der Waals surface area contributed by atoms with E-state index in [0.29, 0.717) is 35.2 Å². The molecule has 0 saturated carbocycles. The van der Waals surface area contributed by atoms with Gasteiger partial charge in [0.1, 0.15) is 28.8 Å². The molecule has 2 aromatic heterocycles. The number of nitriles is 1. The van der Waals surface area contributed by atoms with E-state index >= 15 is 0 Å². The Kier molecular flexibility index (Phi) is 5.66. The summed E-state index contributed by atoms with van der Waals surface area (Å²) < 4.78 is 16.2. The molecule has 6 nitrogen and oxygen atoms in total. The van der Waals surface area contributed by atoms with Gasteiger partial charge in [-0.15, -0.1) is 0 Å². The van der Waals surface area contributed by atoms with E-state index in [1.165, 1.54) is 12.1 Å². The maximum absolute atomic E-state index is 14.4. The van der Waals surface area contributed by atoms with Crippen molar-refractivity contribution in [3.05, 3.63) is 100 Å². The van der Waals surface area contributed by atoms with E-state index in [1.54, 1.807) is 4.57 Å². The number of nitrogens with one attached hydrogen (secondary N) is 1. The molecular formula is C26H17ClFN5O. The third kappa shape index (κ3) is 3.85. The van der Waals surface area contributed by atoms with Crippen LogP contribution in [0.3, 0.4) is 0 Å². The van der Waals surface area contributed by atoms with Gasteiger partial charge in [0.25, 0.3) is 5.91 Å². The average molecular weight is 470 g/mol. The number of nitrogens with zero attached hydrogens (tertiary/aromatic N) is 4. The lowest BCUT2D eigenvalue weighted by atomic mass is 10.1. The summed E-state index contributed by atoms with van der Waals surface area (Å²) in [5.74, 6) is -1.31. The predicted molar refractivity (Wildman–Crippen MR) is 129 cm³/mol. The molecule has 0 unspecified atom stereocenters. The molecule has 0 aliphatic heterocycles. The van der Waals surface area contributed by atoms with Crippen LogP contribution in [0, 0.1) is 17.1 Å². The molecule has 1 amide bonds. The van der Waals surface area contributed by atoms with Crippen molar-refractivity contribution >= 4 is 45.5 Å². The number of halogens is 2. The van der Waals surface area contributed by atoms with E-state index in [4.69, 9.17) is 16.6 Å². The summed E-state index contributed by atoms with van der Waals surface area (Å²) in [5.41, 5.74) is 3.05. The van der Waals surface area contributed by atoms with Gasteiger partial charge in [-0.1, -0.05) is 60.1 Å². The highest BCUT2D eigenvalue weighted by molar-refractivity contribution is 6.34. The molecule has 3 aromatic carbocycles. The lowest BCUT2D eigenvalue weighted by Gasteiger charge is -2.13. The first-order chi connectivity index (χ1) is 16.6. The van der Waals surface area contributed by atoms with Crippen LogP contribution in [0.2, 0.25) is 5.02 Å². The minimum atomic E-state index is -0.757. The molecule has 0 atom stereocenters. The van der Waals surface area contributed by atoms with Crippen LogP contribution >= 0.6 is 11.6 Å². The number of aromatic nitrogens is 3. The zero-order valence-corrected chi connectivity index (χ0v) is 18.6. The molecule has 0 bridgehead atoms. The van der Waals surface area contributed by atoms with Crippen LogP contribution in [0.15, 0.2) is 72.8 Å². The highest BCUT2D eigenvalue weighted by Gasteiger charge is 2.24. The van der Waals surface area contributed by atoms with Gasteiger partial charge in [-0.2, -0.15) is 5.26 Å². The Balaban J connectivity index is 1.67. The summed E-state index contributed by atoms with van der Waals surface area (Å²) in [7, 11) is 0. The fourth-order valence-corrected chi connectivity index (χ4v) is 4.17. The number of rotatable bonds is 5. The van der Waals surface area contributed by atoms with E-state index in [0.717, 1.165) is 11.6 Å². The molecule has 5 aromatic rings. The van der Waals surface area contributed by atoms with Gasteiger partial charge in [0.15, 0.2) is 5.65 Å². The standard InChI is InChI=1S/C26H17ClFN5O/c27-18-9-6-10-19(28)22(18)26(34)32-24-17(15-29)23-25(31-21-12-5-4-11-20(21)30-23)33(24)14-13-16-7-2-1-3-8-16/h1-12H,13-14H2,(H,32,34). The zero-order chi connectivity index (χ0) is 23.7. The van der Waals surface area contributed by atoms with Crippen LogP contribution in [-0.4, -0.2) is 20.4 Å². The minimum Gasteiger partial charge on any atom is -0.309 e. The summed E-state index contributed by atoms with van der Waals surface area (Å²) in [6, 6.07) is 23.3. The molecule has 5 rings (SSSR count). The lowest BCUT2D eigenvalue weighted by molar-refractivity contribution is 0.102. The van der Waals surface area contributed by atoms with Crippen LogP contribution in [0.1, 0.15) is 21.5 Å². The van der Waals surface area contributed by atoms with E-state index in [2.05, 4.69) is 16.4 Å². The van der Waals surface area contributed by atoms with Crippen LogP contribution in [0.5, 0.6) is 0 Å². The number of aryl methyl sites for hydroxylation is 2. The van der Waals surface area contributed by atoms with Crippen molar-refractivity contribution in [3.8, 4) is 6.07 Å². The van der Waals surface area contributed by atoms with Crippen molar-refractivity contribution in [2.24, 2.45) is 0 Å². The number of hydrogen-bond donors (Lipinski definition) is 1. The summed E-state index contributed by atoms with van der Waals surface area (Å²) in [6.07, 6.45) is 0.618. The Morgan fingerprint density at radius 1 is 1.00 bits per heavy atom. The van der Waals surface area contributed by atoms with E-state index in [9.17, 15) is 14.4 Å². The summed E-state index contributed by atoms with van der Waals surface area (Å²) >= 11 is 6.10. The third-order valence-electron chi connectivity index (χ3n) is 5.55. The topological polar surface area (TPSA) is 83.6 Å². The Morgan fingerprint density at radius 2 is 1.71 bits per heavy atom. The predicted octanol–water partition coefficient (Wildman–Crippen LogP) is 5.74. The highest BCUT2D eigenvalue weighted by Crippen LogP contribution is 2.31. The SMILES string of the molecule is N#Cc1c(NC(=O)c2c(F)cccc2Cl)n(CCc2ccccc2)c2nc3ccccc3nc12. The van der Waals surface area contributed by atoms with Gasteiger partial charge >= 0.3 is 0 Å². The number of para-hydroxylation sites is 2. The third-order valence-corrected chi connectivity index (χ3v) is 5.87. The zero-order valence-electron chi connectivity index (χ0n) is 17.8. The number of carbonyl (C=O) groups excluding carboxylic acids is 1. The van der Waals surface area contributed by atoms with Gasteiger partial charge in [-0.05, 0) is 36.2 Å². The average Bonchev–Trinajstić information content (AvgIpc) is 3.12. The number of carbonyl (C=O) groups is 1. The smallest absolute Gasteiger partial charge is 0.261 e. The molecule has 0 fully saturated rings. The molecule has 0 spiro atoms. The van der Waals surface area contributed by atoms with Crippen LogP contribution < -0.4 is 5.32 Å². The molecule has 1 N–H and O–H groups in total. The number of hydrogen-bond acceptors (Lipinski definition) is 4. The molecule has 166 valence electrons. The van der Waals surface area contributed by atoms with E-state index in [1.807, 2.05) is 54.6 Å². The van der Waals surface area contributed by atoms with Gasteiger partial charge in [-0.25, -0.2) is 14.4 Å². The number of fused-ring (bicyclic) bond motifs is 2. The van der Waals surface area contributed by atoms with Crippen LogP contribution in [-0.2, 0) is 13.0 Å². The lowest BCUT2D eigenvalue weighted by Crippen LogP contribution is -2.18. The molecular weight excluding hydrogens is 453 g/mol. The van der Waals surface area contributed by atoms with Crippen molar-refractivity contribution in [3.63, 3.8) is 0 Å². The number of amides is 1. The van der Waals surface area contributed by atoms with Gasteiger partial charge in [0, 0.05) is 6.54 Å². The Labute approximate surface area is 199 Å². The first kappa shape index (κ1) is 21.6. The van der Waals surface area contributed by atoms with E-state index < -0.39 is 11.7 Å². The van der Waals surface area contributed by atoms with Gasteiger partial charge in [0.05, 0.1) is 21.6 Å². The van der Waals surface area contributed by atoms with Crippen molar-refractivity contribution in [2.75, 3.05) is 5.32 Å². The molecule has 0 aliphatic rings. The monoisotopic (exact) mass is 469 g/mol. The second-order valence-electron chi connectivity index (χ2n) is 7.66. The quantitative estimate of drug-likeness (QED) is 0.355. The number of anilines is 1. The van der Waals surface area contributed by atoms with Crippen LogP contribution in [0.25, 0.3) is 22.2 Å². The Hall–Kier alpha value is -4.28. The summed E-state index contributed by atoms with van der Waals surface area (Å²) in [5, 5.41) is 12.7. The van der Waals surface area contributed by atoms with Gasteiger partial charge < -0.3 is 9.88 Å². The number of benzene rings is 3. The first-order valence-electron chi connectivity index (χ1n) is 10.5. The maximum atomic E-state index is 14.4. The largest absolute Gasteiger partial charge is 0.309 e. The van der Waals surface area contributed by atoms with Crippen molar-refractivity contribution in [1.82, 2.24) is 14.5 Å².